The molecule has 7 heteroatoms. The minimum absolute atomic E-state index is 0.131. The first-order chi connectivity index (χ1) is 11.3. The molecule has 1 atom stereocenters. The summed E-state index contributed by atoms with van der Waals surface area (Å²) >= 11 is 0. The van der Waals surface area contributed by atoms with Gasteiger partial charge < -0.3 is 10.1 Å². The fourth-order valence-electron chi connectivity index (χ4n) is 2.46. The number of nitrogens with one attached hydrogen (secondary N) is 1. The van der Waals surface area contributed by atoms with E-state index in [0.717, 1.165) is 0 Å². The molecule has 0 saturated heterocycles. The lowest BCUT2D eigenvalue weighted by atomic mass is 10.0. The van der Waals surface area contributed by atoms with Crippen LogP contribution in [0.4, 0.5) is 0 Å². The number of para-hydroxylation sites is 2. The molecule has 1 aromatic heterocycles. The van der Waals surface area contributed by atoms with Gasteiger partial charge in [-0.2, -0.15) is 0 Å². The molecule has 1 heterocycles. The van der Waals surface area contributed by atoms with Crippen molar-refractivity contribution in [3.05, 3.63) is 40.3 Å². The van der Waals surface area contributed by atoms with E-state index in [1.54, 1.807) is 39.0 Å². The van der Waals surface area contributed by atoms with Crippen molar-refractivity contribution in [2.45, 2.75) is 33.4 Å². The highest BCUT2D eigenvalue weighted by Gasteiger charge is 2.25. The van der Waals surface area contributed by atoms with E-state index in [9.17, 15) is 14.4 Å². The van der Waals surface area contributed by atoms with Crippen LogP contribution in [0.5, 0.6) is 0 Å². The van der Waals surface area contributed by atoms with Gasteiger partial charge in [-0.25, -0.2) is 9.78 Å². The lowest BCUT2D eigenvalue weighted by molar-refractivity contribution is -0.146. The minimum Gasteiger partial charge on any atom is -0.467 e. The third-order valence-corrected chi connectivity index (χ3v) is 3.76. The van der Waals surface area contributed by atoms with Gasteiger partial charge in [-0.05, 0) is 25.0 Å². The number of aromatic nitrogens is 2. The van der Waals surface area contributed by atoms with Crippen LogP contribution in [0.25, 0.3) is 11.0 Å². The van der Waals surface area contributed by atoms with Crippen molar-refractivity contribution in [1.29, 1.82) is 0 Å². The number of carbonyl (C=O) groups excluding carboxylic acids is 2. The van der Waals surface area contributed by atoms with E-state index in [0.29, 0.717) is 16.7 Å². The van der Waals surface area contributed by atoms with Crippen LogP contribution in [-0.4, -0.2) is 34.6 Å². The van der Waals surface area contributed by atoms with Gasteiger partial charge in [-0.1, -0.05) is 26.0 Å². The standard InChI is InChI=1S/C17H21N3O4/c1-10(2)15(17(23)24-4)19-14(21)9-20-13-8-6-5-7-12(13)18-11(3)16(20)22/h5-8,10,15H,9H2,1-4H3,(H,19,21)/t15-/m0/s1. The molecule has 0 aliphatic rings. The van der Waals surface area contributed by atoms with Crippen LogP contribution in [0.15, 0.2) is 29.1 Å². The summed E-state index contributed by atoms with van der Waals surface area (Å²) in [6.45, 7) is 5.03. The van der Waals surface area contributed by atoms with Gasteiger partial charge in [0.1, 0.15) is 18.3 Å². The van der Waals surface area contributed by atoms with Crippen molar-refractivity contribution in [2.75, 3.05) is 7.11 Å². The number of carbonyl (C=O) groups is 2. The second-order valence-electron chi connectivity index (χ2n) is 5.89. The first-order valence-electron chi connectivity index (χ1n) is 7.68. The molecular formula is C17H21N3O4. The quantitative estimate of drug-likeness (QED) is 0.826. The molecule has 0 spiro atoms. The Labute approximate surface area is 139 Å². The van der Waals surface area contributed by atoms with Crippen molar-refractivity contribution < 1.29 is 14.3 Å². The van der Waals surface area contributed by atoms with Crippen LogP contribution in [0, 0.1) is 12.8 Å². The Morgan fingerprint density at radius 1 is 1.29 bits per heavy atom. The lowest BCUT2D eigenvalue weighted by Crippen LogP contribution is -2.47. The minimum atomic E-state index is -0.757. The first kappa shape index (κ1) is 17.7. The molecule has 0 saturated carbocycles. The molecule has 128 valence electrons. The summed E-state index contributed by atoms with van der Waals surface area (Å²) in [5.41, 5.74) is 1.19. The van der Waals surface area contributed by atoms with Gasteiger partial charge in [-0.3, -0.25) is 14.2 Å². The van der Waals surface area contributed by atoms with Gasteiger partial charge in [0, 0.05) is 0 Å². The monoisotopic (exact) mass is 331 g/mol. The molecule has 2 aromatic rings. The number of aryl methyl sites for hydroxylation is 1. The Morgan fingerprint density at radius 3 is 2.58 bits per heavy atom. The fourth-order valence-corrected chi connectivity index (χ4v) is 2.46. The second-order valence-corrected chi connectivity index (χ2v) is 5.89. The molecule has 1 amide bonds. The summed E-state index contributed by atoms with van der Waals surface area (Å²) in [7, 11) is 1.27. The fraction of sp³-hybridized carbons (Fsp3) is 0.412. The van der Waals surface area contributed by atoms with Crippen molar-refractivity contribution >= 4 is 22.9 Å². The molecule has 1 N–H and O–H groups in total. The van der Waals surface area contributed by atoms with E-state index in [1.165, 1.54) is 11.7 Å². The summed E-state index contributed by atoms with van der Waals surface area (Å²) < 4.78 is 6.07. The zero-order chi connectivity index (χ0) is 17.9. The Hall–Kier alpha value is -2.70. The van der Waals surface area contributed by atoms with E-state index >= 15 is 0 Å². The normalized spacial score (nSPS) is 12.2. The van der Waals surface area contributed by atoms with Crippen molar-refractivity contribution in [3.63, 3.8) is 0 Å². The smallest absolute Gasteiger partial charge is 0.328 e. The van der Waals surface area contributed by atoms with Gasteiger partial charge >= 0.3 is 5.97 Å². The van der Waals surface area contributed by atoms with Crippen LogP contribution in [0.3, 0.4) is 0 Å². The predicted molar refractivity (Wildman–Crippen MR) is 89.5 cm³/mol. The number of methoxy groups -OCH3 is 1. The van der Waals surface area contributed by atoms with E-state index in [-0.39, 0.29) is 18.0 Å². The molecule has 7 nitrogen and oxygen atoms in total. The van der Waals surface area contributed by atoms with Crippen LogP contribution in [0.2, 0.25) is 0 Å². The number of benzene rings is 1. The number of rotatable bonds is 5. The molecule has 0 fully saturated rings. The van der Waals surface area contributed by atoms with Gasteiger partial charge in [0.05, 0.1) is 18.1 Å². The second kappa shape index (κ2) is 7.25. The third-order valence-electron chi connectivity index (χ3n) is 3.76. The number of amides is 1. The van der Waals surface area contributed by atoms with Gasteiger partial charge in [-0.15, -0.1) is 0 Å². The SMILES string of the molecule is COC(=O)[C@@H](NC(=O)Cn1c(=O)c(C)nc2ccccc21)C(C)C. The van der Waals surface area contributed by atoms with E-state index in [1.807, 2.05) is 6.07 Å². The lowest BCUT2D eigenvalue weighted by Gasteiger charge is -2.20. The largest absolute Gasteiger partial charge is 0.467 e. The average Bonchev–Trinajstić information content (AvgIpc) is 2.55. The molecule has 0 bridgehead atoms. The summed E-state index contributed by atoms with van der Waals surface area (Å²) in [6.07, 6.45) is 0. The zero-order valence-electron chi connectivity index (χ0n) is 14.2. The highest BCUT2D eigenvalue weighted by Crippen LogP contribution is 2.10. The summed E-state index contributed by atoms with van der Waals surface area (Å²) in [4.78, 5) is 40.7. The molecule has 0 aliphatic heterocycles. The van der Waals surface area contributed by atoms with Gasteiger partial charge in [0.2, 0.25) is 5.91 Å². The van der Waals surface area contributed by atoms with Crippen LogP contribution in [0.1, 0.15) is 19.5 Å². The highest BCUT2D eigenvalue weighted by molar-refractivity contribution is 5.85. The van der Waals surface area contributed by atoms with Gasteiger partial charge in [0.15, 0.2) is 0 Å². The van der Waals surface area contributed by atoms with Crippen LogP contribution in [-0.2, 0) is 20.9 Å². The number of fused-ring (bicyclic) bond motifs is 1. The Bertz CT molecular complexity index is 826. The molecule has 0 aliphatic carbocycles. The maximum absolute atomic E-state index is 12.4. The Morgan fingerprint density at radius 2 is 1.96 bits per heavy atom. The Balaban J connectivity index is 2.32. The van der Waals surface area contributed by atoms with Crippen LogP contribution >= 0.6 is 0 Å². The van der Waals surface area contributed by atoms with Crippen molar-refractivity contribution in [3.8, 4) is 0 Å². The molecule has 1 aromatic carbocycles. The Kier molecular flexibility index (Phi) is 5.33. The molecule has 2 rings (SSSR count). The number of nitrogens with zero attached hydrogens (tertiary/aromatic N) is 2. The third kappa shape index (κ3) is 3.61. The maximum atomic E-state index is 12.4. The number of ether oxygens (including phenoxy) is 1. The van der Waals surface area contributed by atoms with E-state index in [2.05, 4.69) is 10.3 Å². The van der Waals surface area contributed by atoms with Gasteiger partial charge in [0.25, 0.3) is 5.56 Å². The number of hydrogen-bond donors (Lipinski definition) is 1. The topological polar surface area (TPSA) is 90.3 Å². The van der Waals surface area contributed by atoms with E-state index in [4.69, 9.17) is 4.74 Å². The number of hydrogen-bond acceptors (Lipinski definition) is 5. The zero-order valence-corrected chi connectivity index (χ0v) is 14.2. The first-order valence-corrected chi connectivity index (χ1v) is 7.68. The number of esters is 1. The van der Waals surface area contributed by atoms with E-state index < -0.39 is 17.9 Å². The summed E-state index contributed by atoms with van der Waals surface area (Å²) in [5, 5.41) is 2.63. The van der Waals surface area contributed by atoms with Crippen LogP contribution < -0.4 is 10.9 Å². The molecular weight excluding hydrogens is 310 g/mol. The molecule has 0 unspecified atom stereocenters. The summed E-state index contributed by atoms with van der Waals surface area (Å²) in [5.74, 6) is -1.08. The van der Waals surface area contributed by atoms with Crippen molar-refractivity contribution in [1.82, 2.24) is 14.9 Å². The van der Waals surface area contributed by atoms with Crippen molar-refractivity contribution in [2.24, 2.45) is 5.92 Å². The molecule has 0 radical (unpaired) electrons. The molecule has 24 heavy (non-hydrogen) atoms. The highest BCUT2D eigenvalue weighted by atomic mass is 16.5. The summed E-state index contributed by atoms with van der Waals surface area (Å²) in [6, 6.07) is 6.35. The average molecular weight is 331 g/mol. The predicted octanol–water partition coefficient (Wildman–Crippen LogP) is 1.02. The maximum Gasteiger partial charge on any atom is 0.328 e.